The molecule has 0 aliphatic heterocycles. The summed E-state index contributed by atoms with van der Waals surface area (Å²) in [7, 11) is -3.31. The van der Waals surface area contributed by atoms with Gasteiger partial charge >= 0.3 is 0 Å². The number of nitrogens with zero attached hydrogens (tertiary/aromatic N) is 2. The van der Waals surface area contributed by atoms with Gasteiger partial charge in [-0.25, -0.2) is 8.42 Å². The Balaban J connectivity index is 1.98. The van der Waals surface area contributed by atoms with E-state index in [0.29, 0.717) is 18.2 Å². The molecule has 0 amide bonds. The van der Waals surface area contributed by atoms with Gasteiger partial charge in [-0.05, 0) is 24.8 Å². The third kappa shape index (κ3) is 5.26. The SMILES string of the molecule is Cc1ccc(CS(=O)(=O)Cc2nc(CCC(C)C)no2)cc1. The van der Waals surface area contributed by atoms with Gasteiger partial charge in [0.25, 0.3) is 0 Å². The van der Waals surface area contributed by atoms with E-state index >= 15 is 0 Å². The van der Waals surface area contributed by atoms with Crippen LogP contribution in [0.3, 0.4) is 0 Å². The molecule has 0 N–H and O–H groups in total. The van der Waals surface area contributed by atoms with Gasteiger partial charge < -0.3 is 4.52 Å². The number of aryl methyl sites for hydroxylation is 2. The molecule has 0 atom stereocenters. The molecule has 22 heavy (non-hydrogen) atoms. The van der Waals surface area contributed by atoms with Gasteiger partial charge in [0.1, 0.15) is 5.75 Å². The van der Waals surface area contributed by atoms with Crippen LogP contribution in [0.1, 0.15) is 43.1 Å². The fourth-order valence-corrected chi connectivity index (χ4v) is 3.34. The molecule has 1 heterocycles. The number of benzene rings is 1. The van der Waals surface area contributed by atoms with Crippen LogP contribution in [-0.4, -0.2) is 18.6 Å². The first-order chi connectivity index (χ1) is 10.3. The lowest BCUT2D eigenvalue weighted by Gasteiger charge is -2.02. The second kappa shape index (κ2) is 7.05. The number of aromatic nitrogens is 2. The molecule has 0 fully saturated rings. The highest BCUT2D eigenvalue weighted by Gasteiger charge is 2.18. The van der Waals surface area contributed by atoms with Crippen molar-refractivity contribution in [3.8, 4) is 0 Å². The Hall–Kier alpha value is -1.69. The Morgan fingerprint density at radius 3 is 2.45 bits per heavy atom. The third-order valence-electron chi connectivity index (χ3n) is 3.31. The minimum Gasteiger partial charge on any atom is -0.338 e. The highest BCUT2D eigenvalue weighted by molar-refractivity contribution is 7.89. The molecule has 0 radical (unpaired) electrons. The zero-order valence-corrected chi connectivity index (χ0v) is 14.1. The molecule has 0 spiro atoms. The van der Waals surface area contributed by atoms with Crippen molar-refractivity contribution in [2.24, 2.45) is 5.92 Å². The van der Waals surface area contributed by atoms with Crippen LogP contribution in [0.25, 0.3) is 0 Å². The summed E-state index contributed by atoms with van der Waals surface area (Å²) in [5.41, 5.74) is 1.87. The number of sulfone groups is 1. The van der Waals surface area contributed by atoms with Crippen molar-refractivity contribution < 1.29 is 12.9 Å². The van der Waals surface area contributed by atoms with Crippen molar-refractivity contribution in [3.05, 3.63) is 47.1 Å². The Morgan fingerprint density at radius 1 is 1.14 bits per heavy atom. The van der Waals surface area contributed by atoms with Crippen molar-refractivity contribution >= 4 is 9.84 Å². The van der Waals surface area contributed by atoms with E-state index in [2.05, 4.69) is 24.0 Å². The van der Waals surface area contributed by atoms with Gasteiger partial charge in [0.2, 0.25) is 5.89 Å². The molecule has 0 saturated heterocycles. The summed E-state index contributed by atoms with van der Waals surface area (Å²) in [6.45, 7) is 6.20. The lowest BCUT2D eigenvalue weighted by atomic mass is 10.1. The van der Waals surface area contributed by atoms with Crippen LogP contribution in [0, 0.1) is 12.8 Å². The summed E-state index contributed by atoms with van der Waals surface area (Å²) in [6.07, 6.45) is 1.66. The molecule has 0 unspecified atom stereocenters. The maximum Gasteiger partial charge on any atom is 0.241 e. The van der Waals surface area contributed by atoms with E-state index in [1.165, 1.54) is 0 Å². The Kier molecular flexibility index (Phi) is 5.34. The molecule has 6 heteroatoms. The van der Waals surface area contributed by atoms with E-state index in [4.69, 9.17) is 4.52 Å². The van der Waals surface area contributed by atoms with Crippen molar-refractivity contribution in [1.82, 2.24) is 10.1 Å². The lowest BCUT2D eigenvalue weighted by Crippen LogP contribution is -2.08. The van der Waals surface area contributed by atoms with Gasteiger partial charge in [-0.1, -0.05) is 48.8 Å². The molecule has 1 aromatic heterocycles. The van der Waals surface area contributed by atoms with Crippen LogP contribution in [0.5, 0.6) is 0 Å². The van der Waals surface area contributed by atoms with E-state index in [1.54, 1.807) is 0 Å². The smallest absolute Gasteiger partial charge is 0.241 e. The number of hydrogen-bond acceptors (Lipinski definition) is 5. The van der Waals surface area contributed by atoms with Crippen LogP contribution in [-0.2, 0) is 27.8 Å². The highest BCUT2D eigenvalue weighted by atomic mass is 32.2. The fraction of sp³-hybridized carbons (Fsp3) is 0.500. The molecule has 0 saturated carbocycles. The van der Waals surface area contributed by atoms with E-state index in [9.17, 15) is 8.42 Å². The molecule has 1 aromatic carbocycles. The standard InChI is InChI=1S/C16H22N2O3S/c1-12(2)4-9-15-17-16(21-18-15)11-22(19,20)10-14-7-5-13(3)6-8-14/h5-8,12H,4,9-11H2,1-3H3. The summed E-state index contributed by atoms with van der Waals surface area (Å²) in [5.74, 6) is 1.07. The maximum atomic E-state index is 12.2. The molecule has 0 aliphatic carbocycles. The van der Waals surface area contributed by atoms with Crippen LogP contribution in [0.15, 0.2) is 28.8 Å². The molecular weight excluding hydrogens is 300 g/mol. The first kappa shape index (κ1) is 16.7. The van der Waals surface area contributed by atoms with Crippen LogP contribution in [0.2, 0.25) is 0 Å². The zero-order valence-electron chi connectivity index (χ0n) is 13.2. The normalized spacial score (nSPS) is 12.0. The van der Waals surface area contributed by atoms with Crippen LogP contribution in [0.4, 0.5) is 0 Å². The Bertz CT molecular complexity index is 703. The molecular formula is C16H22N2O3S. The molecule has 2 rings (SSSR count). The first-order valence-corrected chi connectivity index (χ1v) is 9.23. The van der Waals surface area contributed by atoms with Crippen LogP contribution >= 0.6 is 0 Å². The second-order valence-corrected chi connectivity index (χ2v) is 8.12. The molecule has 2 aromatic rings. The quantitative estimate of drug-likeness (QED) is 0.783. The molecule has 120 valence electrons. The van der Waals surface area contributed by atoms with Gasteiger partial charge in [-0.15, -0.1) is 0 Å². The predicted molar refractivity (Wildman–Crippen MR) is 85.0 cm³/mol. The average molecular weight is 322 g/mol. The summed E-state index contributed by atoms with van der Waals surface area (Å²) < 4.78 is 29.5. The molecule has 0 bridgehead atoms. The zero-order chi connectivity index (χ0) is 16.2. The van der Waals surface area contributed by atoms with Crippen molar-refractivity contribution in [2.75, 3.05) is 0 Å². The summed E-state index contributed by atoms with van der Waals surface area (Å²) in [5, 5.41) is 3.84. The molecule has 5 nitrogen and oxygen atoms in total. The maximum absolute atomic E-state index is 12.2. The largest absolute Gasteiger partial charge is 0.338 e. The topological polar surface area (TPSA) is 73.1 Å². The monoisotopic (exact) mass is 322 g/mol. The van der Waals surface area contributed by atoms with Crippen molar-refractivity contribution in [3.63, 3.8) is 0 Å². The van der Waals surface area contributed by atoms with E-state index in [1.807, 2.05) is 31.2 Å². The minimum absolute atomic E-state index is 0.0169. The molecule has 0 aliphatic rings. The van der Waals surface area contributed by atoms with Gasteiger partial charge in [-0.2, -0.15) is 4.98 Å². The van der Waals surface area contributed by atoms with E-state index in [0.717, 1.165) is 17.5 Å². The Morgan fingerprint density at radius 2 is 1.82 bits per heavy atom. The Labute approximate surface area is 131 Å². The second-order valence-electron chi connectivity index (χ2n) is 6.05. The summed E-state index contributed by atoms with van der Waals surface area (Å²) >= 11 is 0. The van der Waals surface area contributed by atoms with Gasteiger partial charge in [0.15, 0.2) is 15.7 Å². The van der Waals surface area contributed by atoms with Gasteiger partial charge in [0, 0.05) is 6.42 Å². The van der Waals surface area contributed by atoms with Gasteiger partial charge in [0.05, 0.1) is 5.75 Å². The van der Waals surface area contributed by atoms with Gasteiger partial charge in [-0.3, -0.25) is 0 Å². The number of hydrogen-bond donors (Lipinski definition) is 0. The van der Waals surface area contributed by atoms with E-state index in [-0.39, 0.29) is 17.4 Å². The first-order valence-electron chi connectivity index (χ1n) is 7.41. The van der Waals surface area contributed by atoms with Crippen LogP contribution < -0.4 is 0 Å². The summed E-state index contributed by atoms with van der Waals surface area (Å²) in [4.78, 5) is 4.17. The fourth-order valence-electron chi connectivity index (χ4n) is 2.05. The third-order valence-corrected chi connectivity index (χ3v) is 4.77. The highest BCUT2D eigenvalue weighted by Crippen LogP contribution is 2.13. The van der Waals surface area contributed by atoms with Crippen molar-refractivity contribution in [2.45, 2.75) is 45.1 Å². The number of rotatable bonds is 7. The minimum atomic E-state index is -3.31. The predicted octanol–water partition coefficient (Wildman–Crippen LogP) is 3.08. The lowest BCUT2D eigenvalue weighted by molar-refractivity contribution is 0.381. The van der Waals surface area contributed by atoms with E-state index < -0.39 is 9.84 Å². The average Bonchev–Trinajstić information content (AvgIpc) is 2.85. The van der Waals surface area contributed by atoms with Crippen molar-refractivity contribution in [1.29, 1.82) is 0 Å². The summed E-state index contributed by atoms with van der Waals surface area (Å²) in [6, 6.07) is 7.46.